The van der Waals surface area contributed by atoms with Gasteiger partial charge >= 0.3 is 0 Å². The van der Waals surface area contributed by atoms with Crippen LogP contribution >= 0.6 is 0 Å². The summed E-state index contributed by atoms with van der Waals surface area (Å²) in [5, 5.41) is 2.09. The molecule has 0 aliphatic heterocycles. The average Bonchev–Trinajstić information content (AvgIpc) is 3.48. The zero-order valence-corrected chi connectivity index (χ0v) is 23.2. The smallest absolute Gasteiger partial charge is 0.136 e. The second-order valence-corrected chi connectivity index (χ2v) is 10.4. The molecule has 8 aromatic rings. The van der Waals surface area contributed by atoms with Crippen LogP contribution in [0, 0.1) is 0 Å². The van der Waals surface area contributed by atoms with Gasteiger partial charge in [0.2, 0.25) is 0 Å². The number of rotatable bonds is 5. The van der Waals surface area contributed by atoms with E-state index in [9.17, 15) is 0 Å². The molecule has 0 radical (unpaired) electrons. The van der Waals surface area contributed by atoms with Gasteiger partial charge in [-0.25, -0.2) is 9.97 Å². The zero-order chi connectivity index (χ0) is 28.6. The van der Waals surface area contributed by atoms with Crippen molar-refractivity contribution in [3.05, 3.63) is 152 Å². The van der Waals surface area contributed by atoms with Crippen LogP contribution in [0.2, 0.25) is 0 Å². The molecule has 0 aliphatic carbocycles. The molecule has 4 nitrogen and oxygen atoms in total. The number of para-hydroxylation sites is 1. The number of fused-ring (bicyclic) bond motifs is 3. The number of aromatic nitrogens is 3. The Kier molecular flexibility index (Phi) is 6.08. The third kappa shape index (κ3) is 4.46. The molecule has 202 valence electrons. The molecule has 5 aromatic carbocycles. The second-order valence-electron chi connectivity index (χ2n) is 10.4. The van der Waals surface area contributed by atoms with Crippen molar-refractivity contribution in [2.75, 3.05) is 0 Å². The van der Waals surface area contributed by atoms with Gasteiger partial charge in [-0.05, 0) is 24.3 Å². The minimum absolute atomic E-state index is 0.807. The van der Waals surface area contributed by atoms with E-state index in [1.54, 1.807) is 0 Å². The van der Waals surface area contributed by atoms with Crippen molar-refractivity contribution >= 4 is 21.9 Å². The summed E-state index contributed by atoms with van der Waals surface area (Å²) in [5.74, 6) is 0. The lowest BCUT2D eigenvalue weighted by atomic mass is 9.96. The Morgan fingerprint density at radius 1 is 0.395 bits per heavy atom. The van der Waals surface area contributed by atoms with Crippen LogP contribution in [0.4, 0.5) is 0 Å². The maximum atomic E-state index is 6.28. The fraction of sp³-hybridized carbons (Fsp3) is 0. The SMILES string of the molecule is c1ccc(-c2nc(-c3ccc(-c4ccccn4)cc3)c(-c3cccc4oc5ccccc5c34)nc2-c2ccccc2)cc1. The maximum Gasteiger partial charge on any atom is 0.136 e. The zero-order valence-electron chi connectivity index (χ0n) is 23.2. The molecule has 3 heterocycles. The summed E-state index contributed by atoms with van der Waals surface area (Å²) in [6.07, 6.45) is 1.82. The minimum Gasteiger partial charge on any atom is -0.456 e. The summed E-state index contributed by atoms with van der Waals surface area (Å²) in [6.45, 7) is 0. The molecule has 0 saturated heterocycles. The van der Waals surface area contributed by atoms with Crippen molar-refractivity contribution in [3.63, 3.8) is 0 Å². The molecule has 0 amide bonds. The summed E-state index contributed by atoms with van der Waals surface area (Å²) >= 11 is 0. The molecule has 0 N–H and O–H groups in total. The summed E-state index contributed by atoms with van der Waals surface area (Å²) in [7, 11) is 0. The van der Waals surface area contributed by atoms with Gasteiger partial charge in [0.05, 0.1) is 28.5 Å². The molecule has 0 spiro atoms. The molecule has 0 atom stereocenters. The van der Waals surface area contributed by atoms with Gasteiger partial charge < -0.3 is 4.42 Å². The fourth-order valence-electron chi connectivity index (χ4n) is 5.72. The Hall–Kier alpha value is -5.87. The minimum atomic E-state index is 0.807. The average molecular weight is 552 g/mol. The lowest BCUT2D eigenvalue weighted by molar-refractivity contribution is 0.669. The third-order valence-electron chi connectivity index (χ3n) is 7.77. The number of nitrogens with zero attached hydrogens (tertiary/aromatic N) is 3. The van der Waals surface area contributed by atoms with Gasteiger partial charge in [0.25, 0.3) is 0 Å². The molecule has 43 heavy (non-hydrogen) atoms. The van der Waals surface area contributed by atoms with Crippen LogP contribution in [-0.2, 0) is 0 Å². The highest BCUT2D eigenvalue weighted by Gasteiger charge is 2.22. The molecule has 4 heteroatoms. The predicted molar refractivity (Wildman–Crippen MR) is 174 cm³/mol. The number of hydrogen-bond acceptors (Lipinski definition) is 4. The van der Waals surface area contributed by atoms with E-state index >= 15 is 0 Å². The van der Waals surface area contributed by atoms with Crippen molar-refractivity contribution in [1.82, 2.24) is 15.0 Å². The molecule has 0 fully saturated rings. The molecule has 0 unspecified atom stereocenters. The molecule has 0 saturated carbocycles. The third-order valence-corrected chi connectivity index (χ3v) is 7.77. The van der Waals surface area contributed by atoms with Crippen molar-refractivity contribution in [3.8, 4) is 56.3 Å². The quantitative estimate of drug-likeness (QED) is 0.214. The van der Waals surface area contributed by atoms with E-state index in [2.05, 4.69) is 65.6 Å². The monoisotopic (exact) mass is 551 g/mol. The molecule has 0 aliphatic rings. The van der Waals surface area contributed by atoms with Crippen LogP contribution in [-0.4, -0.2) is 15.0 Å². The first kappa shape index (κ1) is 24.9. The van der Waals surface area contributed by atoms with Gasteiger partial charge in [-0.15, -0.1) is 0 Å². The van der Waals surface area contributed by atoms with E-state index in [1.807, 2.05) is 91.1 Å². The fourth-order valence-corrected chi connectivity index (χ4v) is 5.72. The van der Waals surface area contributed by atoms with Crippen molar-refractivity contribution in [2.45, 2.75) is 0 Å². The van der Waals surface area contributed by atoms with Crippen LogP contribution in [0.15, 0.2) is 156 Å². The largest absolute Gasteiger partial charge is 0.456 e. The van der Waals surface area contributed by atoms with Gasteiger partial charge in [-0.3, -0.25) is 4.98 Å². The van der Waals surface area contributed by atoms with Gasteiger partial charge in [0.15, 0.2) is 0 Å². The summed E-state index contributed by atoms with van der Waals surface area (Å²) in [5.41, 5.74) is 10.9. The number of benzene rings is 5. The number of hydrogen-bond donors (Lipinski definition) is 0. The van der Waals surface area contributed by atoms with Gasteiger partial charge in [0.1, 0.15) is 11.2 Å². The summed E-state index contributed by atoms with van der Waals surface area (Å²) < 4.78 is 6.28. The van der Waals surface area contributed by atoms with E-state index in [1.165, 1.54) is 0 Å². The topological polar surface area (TPSA) is 51.8 Å². The van der Waals surface area contributed by atoms with Gasteiger partial charge in [-0.1, -0.05) is 121 Å². The van der Waals surface area contributed by atoms with E-state index in [-0.39, 0.29) is 0 Å². The number of pyridine rings is 1. The van der Waals surface area contributed by atoms with Crippen LogP contribution in [0.5, 0.6) is 0 Å². The Balaban J connectivity index is 1.44. The van der Waals surface area contributed by atoms with E-state index in [4.69, 9.17) is 14.4 Å². The van der Waals surface area contributed by atoms with Crippen LogP contribution in [0.3, 0.4) is 0 Å². The molecule has 8 rings (SSSR count). The summed E-state index contributed by atoms with van der Waals surface area (Å²) in [6, 6.07) is 49.3. The second kappa shape index (κ2) is 10.5. The Morgan fingerprint density at radius 3 is 1.65 bits per heavy atom. The van der Waals surface area contributed by atoms with E-state index < -0.39 is 0 Å². The molecular weight excluding hydrogens is 526 g/mol. The lowest BCUT2D eigenvalue weighted by Crippen LogP contribution is -2.01. The first-order chi connectivity index (χ1) is 21.3. The van der Waals surface area contributed by atoms with Crippen molar-refractivity contribution in [2.24, 2.45) is 0 Å². The van der Waals surface area contributed by atoms with Crippen LogP contribution in [0.1, 0.15) is 0 Å². The Labute approximate surface area is 249 Å². The summed E-state index contributed by atoms with van der Waals surface area (Å²) in [4.78, 5) is 15.4. The molecular formula is C39H25N3O. The number of furan rings is 1. The first-order valence-electron chi connectivity index (χ1n) is 14.3. The highest BCUT2D eigenvalue weighted by molar-refractivity contribution is 6.13. The normalized spacial score (nSPS) is 11.3. The maximum absolute atomic E-state index is 6.28. The van der Waals surface area contributed by atoms with E-state index in [0.29, 0.717) is 0 Å². The highest BCUT2D eigenvalue weighted by atomic mass is 16.3. The Bertz CT molecular complexity index is 2210. The van der Waals surface area contributed by atoms with Crippen LogP contribution in [0.25, 0.3) is 78.2 Å². The van der Waals surface area contributed by atoms with Gasteiger partial charge in [0, 0.05) is 44.8 Å². The van der Waals surface area contributed by atoms with E-state index in [0.717, 1.165) is 78.2 Å². The van der Waals surface area contributed by atoms with Crippen molar-refractivity contribution in [1.29, 1.82) is 0 Å². The molecule has 0 bridgehead atoms. The Morgan fingerprint density at radius 2 is 0.953 bits per heavy atom. The lowest BCUT2D eigenvalue weighted by Gasteiger charge is -2.16. The van der Waals surface area contributed by atoms with Gasteiger partial charge in [-0.2, -0.15) is 0 Å². The van der Waals surface area contributed by atoms with Crippen molar-refractivity contribution < 1.29 is 4.42 Å². The van der Waals surface area contributed by atoms with Crippen LogP contribution < -0.4 is 0 Å². The standard InChI is InChI=1S/C39H25N3O/c1-3-12-27(13-4-1)36-37(28-14-5-2-6-15-28)42-39(31-17-11-20-34-35(31)30-16-7-8-19-33(30)43-34)38(41-36)29-23-21-26(22-24-29)32-18-9-10-25-40-32/h1-25H. The predicted octanol–water partition coefficient (Wildman–Crippen LogP) is 10.1. The first-order valence-corrected chi connectivity index (χ1v) is 14.3. The highest BCUT2D eigenvalue weighted by Crippen LogP contribution is 2.42. The molecule has 3 aromatic heterocycles.